The van der Waals surface area contributed by atoms with Crippen molar-refractivity contribution in [1.82, 2.24) is 5.32 Å². The third kappa shape index (κ3) is 2.72. The summed E-state index contributed by atoms with van der Waals surface area (Å²) in [6.07, 6.45) is 1.14. The Morgan fingerprint density at radius 3 is 2.70 bits per heavy atom. The average Bonchev–Trinajstić information content (AvgIpc) is 2.40. The van der Waals surface area contributed by atoms with Crippen molar-refractivity contribution in [2.75, 3.05) is 6.61 Å². The van der Waals surface area contributed by atoms with Gasteiger partial charge in [0.15, 0.2) is 11.6 Å². The van der Waals surface area contributed by atoms with Crippen LogP contribution >= 0.6 is 0 Å². The monoisotopic (exact) mass is 283 g/mol. The standard InChI is InChI=1S/C16H23F2NO/c1-5-20-14-9-13(16(14,3)4)19-10(2)11-7-6-8-12(17)15(11)18/h6-8,10,13-14,19H,5,9H2,1-4H3. The molecule has 112 valence electrons. The largest absolute Gasteiger partial charge is 0.378 e. The van der Waals surface area contributed by atoms with Crippen LogP contribution in [0.1, 0.15) is 45.7 Å². The zero-order valence-electron chi connectivity index (χ0n) is 12.5. The van der Waals surface area contributed by atoms with E-state index in [9.17, 15) is 8.78 Å². The Balaban J connectivity index is 2.03. The summed E-state index contributed by atoms with van der Waals surface area (Å²) < 4.78 is 32.7. The summed E-state index contributed by atoms with van der Waals surface area (Å²) in [5.41, 5.74) is 0.384. The van der Waals surface area contributed by atoms with Gasteiger partial charge in [0.1, 0.15) is 0 Å². The molecular weight excluding hydrogens is 260 g/mol. The Bertz CT molecular complexity index is 476. The van der Waals surface area contributed by atoms with Gasteiger partial charge in [-0.2, -0.15) is 0 Å². The lowest BCUT2D eigenvalue weighted by molar-refractivity contribution is -0.116. The molecule has 0 aromatic heterocycles. The molecule has 0 bridgehead atoms. The van der Waals surface area contributed by atoms with Crippen LogP contribution < -0.4 is 5.32 Å². The molecule has 1 aliphatic carbocycles. The van der Waals surface area contributed by atoms with E-state index in [2.05, 4.69) is 19.2 Å². The second-order valence-corrected chi connectivity index (χ2v) is 6.09. The molecule has 0 amide bonds. The molecule has 0 radical (unpaired) electrons. The highest BCUT2D eigenvalue weighted by atomic mass is 19.2. The Kier molecular flexibility index (Phi) is 4.45. The highest BCUT2D eigenvalue weighted by molar-refractivity contribution is 5.22. The molecule has 3 unspecified atom stereocenters. The zero-order chi connectivity index (χ0) is 14.9. The van der Waals surface area contributed by atoms with Crippen molar-refractivity contribution in [3.05, 3.63) is 35.4 Å². The van der Waals surface area contributed by atoms with Crippen molar-refractivity contribution in [2.45, 2.75) is 52.3 Å². The van der Waals surface area contributed by atoms with Crippen molar-refractivity contribution in [2.24, 2.45) is 5.41 Å². The molecule has 1 N–H and O–H groups in total. The first-order valence-electron chi connectivity index (χ1n) is 7.19. The third-order valence-corrected chi connectivity index (χ3v) is 4.44. The second-order valence-electron chi connectivity index (χ2n) is 6.09. The van der Waals surface area contributed by atoms with Gasteiger partial charge in [0, 0.05) is 29.7 Å². The second kappa shape index (κ2) is 5.78. The SMILES string of the molecule is CCOC1CC(NC(C)c2cccc(F)c2F)C1(C)C. The smallest absolute Gasteiger partial charge is 0.163 e. The number of benzene rings is 1. The van der Waals surface area contributed by atoms with Crippen molar-refractivity contribution in [1.29, 1.82) is 0 Å². The number of hydrogen-bond acceptors (Lipinski definition) is 2. The fraction of sp³-hybridized carbons (Fsp3) is 0.625. The molecule has 1 aromatic carbocycles. The molecule has 1 saturated carbocycles. The summed E-state index contributed by atoms with van der Waals surface area (Å²) in [7, 11) is 0. The van der Waals surface area contributed by atoms with Crippen LogP contribution in [0.4, 0.5) is 8.78 Å². The molecule has 1 aliphatic rings. The Morgan fingerprint density at radius 1 is 1.40 bits per heavy atom. The van der Waals surface area contributed by atoms with Gasteiger partial charge >= 0.3 is 0 Å². The van der Waals surface area contributed by atoms with E-state index in [1.807, 2.05) is 13.8 Å². The molecule has 0 heterocycles. The third-order valence-electron chi connectivity index (χ3n) is 4.44. The quantitative estimate of drug-likeness (QED) is 0.887. The van der Waals surface area contributed by atoms with Crippen LogP contribution in [0, 0.1) is 17.0 Å². The van der Waals surface area contributed by atoms with E-state index in [0.29, 0.717) is 12.2 Å². The number of halogens is 2. The Labute approximate surface area is 119 Å². The Hall–Kier alpha value is -1.00. The van der Waals surface area contributed by atoms with Crippen molar-refractivity contribution in [3.63, 3.8) is 0 Å². The van der Waals surface area contributed by atoms with Gasteiger partial charge in [-0.1, -0.05) is 26.0 Å². The maximum absolute atomic E-state index is 13.8. The van der Waals surface area contributed by atoms with Gasteiger partial charge in [-0.15, -0.1) is 0 Å². The van der Waals surface area contributed by atoms with E-state index >= 15 is 0 Å². The maximum Gasteiger partial charge on any atom is 0.163 e. The molecular formula is C16H23F2NO. The maximum atomic E-state index is 13.8. The minimum atomic E-state index is -0.795. The van der Waals surface area contributed by atoms with Crippen LogP contribution in [0.2, 0.25) is 0 Å². The first kappa shape index (κ1) is 15.4. The number of hydrogen-bond donors (Lipinski definition) is 1. The highest BCUT2D eigenvalue weighted by Crippen LogP contribution is 2.43. The fourth-order valence-electron chi connectivity index (χ4n) is 2.90. The molecule has 2 nitrogen and oxygen atoms in total. The van der Waals surface area contributed by atoms with Gasteiger partial charge in [0.05, 0.1) is 6.10 Å². The van der Waals surface area contributed by atoms with Gasteiger partial charge in [0.25, 0.3) is 0 Å². The summed E-state index contributed by atoms with van der Waals surface area (Å²) in [6, 6.07) is 4.33. The molecule has 4 heteroatoms. The predicted octanol–water partition coefficient (Wildman–Crippen LogP) is 3.82. The van der Waals surface area contributed by atoms with E-state index in [0.717, 1.165) is 12.5 Å². The van der Waals surface area contributed by atoms with E-state index in [4.69, 9.17) is 4.74 Å². The van der Waals surface area contributed by atoms with E-state index in [1.54, 1.807) is 12.1 Å². The molecule has 1 fully saturated rings. The minimum absolute atomic E-state index is 0.00801. The number of ether oxygens (including phenoxy) is 1. The first-order chi connectivity index (χ1) is 9.37. The molecule has 0 aliphatic heterocycles. The van der Waals surface area contributed by atoms with Gasteiger partial charge in [-0.25, -0.2) is 8.78 Å². The number of rotatable bonds is 5. The average molecular weight is 283 g/mol. The first-order valence-corrected chi connectivity index (χ1v) is 7.19. The van der Waals surface area contributed by atoms with Crippen LogP contribution in [-0.4, -0.2) is 18.8 Å². The minimum Gasteiger partial charge on any atom is -0.378 e. The van der Waals surface area contributed by atoms with Crippen molar-refractivity contribution >= 4 is 0 Å². The van der Waals surface area contributed by atoms with E-state index in [1.165, 1.54) is 0 Å². The van der Waals surface area contributed by atoms with Crippen LogP contribution in [0.5, 0.6) is 0 Å². The lowest BCUT2D eigenvalue weighted by Crippen LogP contribution is -2.61. The molecule has 0 saturated heterocycles. The van der Waals surface area contributed by atoms with Gasteiger partial charge in [-0.05, 0) is 26.3 Å². The molecule has 1 aromatic rings. The summed E-state index contributed by atoms with van der Waals surface area (Å²) >= 11 is 0. The highest BCUT2D eigenvalue weighted by Gasteiger charge is 2.49. The van der Waals surface area contributed by atoms with Crippen LogP contribution in [0.15, 0.2) is 18.2 Å². The van der Waals surface area contributed by atoms with Gasteiger partial charge in [-0.3, -0.25) is 0 Å². The summed E-state index contributed by atoms with van der Waals surface area (Å²) in [6.45, 7) is 8.84. The van der Waals surface area contributed by atoms with Crippen molar-refractivity contribution in [3.8, 4) is 0 Å². The fourth-order valence-corrected chi connectivity index (χ4v) is 2.90. The number of nitrogens with one attached hydrogen (secondary N) is 1. The van der Waals surface area contributed by atoms with E-state index < -0.39 is 11.6 Å². The lowest BCUT2D eigenvalue weighted by Gasteiger charge is -2.52. The normalized spacial score (nSPS) is 26.1. The van der Waals surface area contributed by atoms with E-state index in [-0.39, 0.29) is 23.6 Å². The topological polar surface area (TPSA) is 21.3 Å². The van der Waals surface area contributed by atoms with Crippen LogP contribution in [-0.2, 0) is 4.74 Å². The molecule has 3 atom stereocenters. The van der Waals surface area contributed by atoms with Crippen molar-refractivity contribution < 1.29 is 13.5 Å². The zero-order valence-corrected chi connectivity index (χ0v) is 12.5. The summed E-state index contributed by atoms with van der Waals surface area (Å²) in [5.74, 6) is -1.55. The molecule has 0 spiro atoms. The summed E-state index contributed by atoms with van der Waals surface area (Å²) in [4.78, 5) is 0. The van der Waals surface area contributed by atoms with Crippen LogP contribution in [0.3, 0.4) is 0 Å². The summed E-state index contributed by atoms with van der Waals surface area (Å²) in [5, 5.41) is 3.39. The Morgan fingerprint density at radius 2 is 2.10 bits per heavy atom. The molecule has 2 rings (SSSR count). The van der Waals surface area contributed by atoms with Gasteiger partial charge < -0.3 is 10.1 Å². The predicted molar refractivity (Wildman–Crippen MR) is 75.5 cm³/mol. The molecule has 20 heavy (non-hydrogen) atoms. The lowest BCUT2D eigenvalue weighted by atomic mass is 9.64. The van der Waals surface area contributed by atoms with Crippen LogP contribution in [0.25, 0.3) is 0 Å². The van der Waals surface area contributed by atoms with Gasteiger partial charge in [0.2, 0.25) is 0 Å².